The quantitative estimate of drug-likeness (QED) is 0.291. The molecule has 0 aliphatic carbocycles. The molecule has 11 heavy (non-hydrogen) atoms. The maximum Gasteiger partial charge on any atom is 0.0400 e. The first-order valence-electron chi connectivity index (χ1n) is 2.93. The van der Waals surface area contributed by atoms with Crippen molar-refractivity contribution in [3.05, 3.63) is 22.3 Å². The summed E-state index contributed by atoms with van der Waals surface area (Å²) in [6, 6.07) is 2.20. The van der Waals surface area contributed by atoms with Crippen LogP contribution in [0.2, 0.25) is 0 Å². The van der Waals surface area contributed by atoms with Crippen LogP contribution in [0.15, 0.2) is 6.07 Å². The Morgan fingerprint density at radius 3 is 2.27 bits per heavy atom. The number of hydrogen-bond donors (Lipinski definition) is 0. The van der Waals surface area contributed by atoms with Crippen LogP contribution in [0, 0.1) is 17.6 Å². The molecular weight excluding hydrogens is 496 g/mol. The van der Waals surface area contributed by atoms with Gasteiger partial charge in [0.15, 0.2) is 0 Å². The molecule has 0 fully saturated rings. The second-order valence-electron chi connectivity index (χ2n) is 2.20. The van der Waals surface area contributed by atoms with E-state index in [1.54, 1.807) is 0 Å². The minimum atomic E-state index is 1.30. The maximum absolute atomic E-state index is 2.76. The lowest BCUT2D eigenvalue weighted by Gasteiger charge is -2.06. The predicted octanol–water partition coefficient (Wildman–Crippen LogP) is 3.31. The van der Waals surface area contributed by atoms with Crippen LogP contribution < -0.4 is 5.30 Å². The fourth-order valence-corrected chi connectivity index (χ4v) is 3.93. The third-order valence-electron chi connectivity index (χ3n) is 1.45. The normalized spacial score (nSPS) is 10.3. The van der Waals surface area contributed by atoms with Crippen molar-refractivity contribution in [3.63, 3.8) is 0 Å². The Labute approximate surface area is 110 Å². The van der Waals surface area contributed by atoms with Crippen LogP contribution >= 0.6 is 77.0 Å². The Morgan fingerprint density at radius 2 is 1.73 bits per heavy atom. The lowest BCUT2D eigenvalue weighted by Crippen LogP contribution is -2.03. The lowest BCUT2D eigenvalue weighted by atomic mass is 10.2. The van der Waals surface area contributed by atoms with Gasteiger partial charge in [-0.3, -0.25) is 0 Å². The summed E-state index contributed by atoms with van der Waals surface area (Å²) in [6.45, 7) is 2.16. The molecule has 0 aliphatic rings. The fourth-order valence-electron chi connectivity index (χ4n) is 0.704. The summed E-state index contributed by atoms with van der Waals surface area (Å²) in [7, 11) is 2.76. The van der Waals surface area contributed by atoms with Crippen molar-refractivity contribution in [1.82, 2.24) is 0 Å². The summed E-state index contributed by atoms with van der Waals surface area (Å²) in [5.74, 6) is 0. The van der Waals surface area contributed by atoms with Crippen LogP contribution in [0.5, 0.6) is 0 Å². The third-order valence-corrected chi connectivity index (χ3v) is 7.43. The summed E-state index contributed by atoms with van der Waals surface area (Å²) in [5.41, 5.74) is 1.38. The summed E-state index contributed by atoms with van der Waals surface area (Å²) in [6.07, 6.45) is 0. The molecule has 0 saturated carbocycles. The van der Waals surface area contributed by atoms with E-state index < -0.39 is 0 Å². The minimum absolute atomic E-state index is 1.30. The van der Waals surface area contributed by atoms with E-state index in [0.29, 0.717) is 0 Å². The summed E-state index contributed by atoms with van der Waals surface area (Å²) < 4.78 is 4.08. The van der Waals surface area contributed by atoms with E-state index in [4.69, 9.17) is 0 Å². The smallest absolute Gasteiger partial charge is 0.0400 e. The molecule has 0 aromatic heterocycles. The Hall–Kier alpha value is 1.84. The zero-order valence-corrected chi connectivity index (χ0v) is 13.4. The maximum atomic E-state index is 2.76. The first-order valence-corrected chi connectivity index (χ1v) is 6.75. The molecule has 1 atom stereocenters. The monoisotopic (exact) mass is 502 g/mol. The second kappa shape index (κ2) is 4.37. The van der Waals surface area contributed by atoms with Gasteiger partial charge < -0.3 is 0 Å². The van der Waals surface area contributed by atoms with E-state index in [9.17, 15) is 0 Å². The van der Waals surface area contributed by atoms with Gasteiger partial charge in [0.1, 0.15) is 0 Å². The molecule has 1 unspecified atom stereocenters. The van der Waals surface area contributed by atoms with Gasteiger partial charge >= 0.3 is 0 Å². The van der Waals surface area contributed by atoms with Crippen molar-refractivity contribution < 1.29 is 0 Å². The molecule has 0 amide bonds. The number of hydrogen-bond acceptors (Lipinski definition) is 0. The molecule has 4 heteroatoms. The van der Waals surface area contributed by atoms with Crippen LogP contribution in [0.1, 0.15) is 5.56 Å². The molecule has 0 heterocycles. The van der Waals surface area contributed by atoms with Crippen LogP contribution in [0.3, 0.4) is 0 Å². The van der Waals surface area contributed by atoms with Crippen molar-refractivity contribution in [2.24, 2.45) is 0 Å². The fraction of sp³-hybridized carbons (Fsp3) is 0.143. The highest BCUT2D eigenvalue weighted by Gasteiger charge is 2.06. The van der Waals surface area contributed by atoms with Gasteiger partial charge in [-0.2, -0.15) is 0 Å². The molecule has 0 spiro atoms. The Bertz CT molecular complexity index is 270. The van der Waals surface area contributed by atoms with Crippen molar-refractivity contribution >= 4 is 82.3 Å². The van der Waals surface area contributed by atoms with E-state index in [-0.39, 0.29) is 0 Å². The molecule has 0 nitrogen and oxygen atoms in total. The number of rotatable bonds is 0. The van der Waals surface area contributed by atoms with E-state index >= 15 is 0 Å². The molecule has 0 bridgehead atoms. The van der Waals surface area contributed by atoms with Gasteiger partial charge in [0.2, 0.25) is 0 Å². The summed E-state index contributed by atoms with van der Waals surface area (Å²) in [5, 5.41) is 1.30. The standard InChI is InChI=1S/C7H6I3P/c1-3-5(11)2-4(8)7(10)6(3)9/h2H,11H2,1H3. The summed E-state index contributed by atoms with van der Waals surface area (Å²) in [4.78, 5) is 0. The Balaban J connectivity index is 3.46. The van der Waals surface area contributed by atoms with Gasteiger partial charge in [-0.15, -0.1) is 9.24 Å². The highest BCUT2D eigenvalue weighted by Crippen LogP contribution is 2.23. The zero-order chi connectivity index (χ0) is 8.59. The van der Waals surface area contributed by atoms with Crippen molar-refractivity contribution in [2.45, 2.75) is 6.92 Å². The zero-order valence-electron chi connectivity index (χ0n) is 5.79. The first-order chi connectivity index (χ1) is 5.04. The molecule has 0 aliphatic heterocycles. The van der Waals surface area contributed by atoms with Crippen LogP contribution in [0.4, 0.5) is 0 Å². The van der Waals surface area contributed by atoms with Gasteiger partial charge in [-0.25, -0.2) is 0 Å². The number of halogens is 3. The topological polar surface area (TPSA) is 0 Å². The number of benzene rings is 1. The highest BCUT2D eigenvalue weighted by molar-refractivity contribution is 14.1. The van der Waals surface area contributed by atoms with Crippen LogP contribution in [0.25, 0.3) is 0 Å². The highest BCUT2D eigenvalue weighted by atomic mass is 127. The molecule has 60 valence electrons. The third kappa shape index (κ3) is 2.40. The molecule has 0 radical (unpaired) electrons. The Morgan fingerprint density at radius 1 is 1.18 bits per heavy atom. The largest absolute Gasteiger partial charge is 0.105 e. The molecule has 1 aromatic rings. The SMILES string of the molecule is Cc1c(P)cc(I)c(I)c1I. The molecule has 0 N–H and O–H groups in total. The van der Waals surface area contributed by atoms with Crippen molar-refractivity contribution in [1.29, 1.82) is 0 Å². The predicted molar refractivity (Wildman–Crippen MR) is 78.7 cm³/mol. The van der Waals surface area contributed by atoms with Crippen LogP contribution in [-0.4, -0.2) is 0 Å². The van der Waals surface area contributed by atoms with E-state index in [2.05, 4.69) is 90.0 Å². The molecular formula is C7H6I3P. The van der Waals surface area contributed by atoms with Gasteiger partial charge in [-0.05, 0) is 91.6 Å². The van der Waals surface area contributed by atoms with E-state index in [1.807, 2.05) is 0 Å². The molecule has 1 rings (SSSR count). The summed E-state index contributed by atoms with van der Waals surface area (Å²) >= 11 is 7.15. The van der Waals surface area contributed by atoms with Gasteiger partial charge in [0.25, 0.3) is 0 Å². The van der Waals surface area contributed by atoms with Crippen LogP contribution in [-0.2, 0) is 0 Å². The van der Waals surface area contributed by atoms with E-state index in [0.717, 1.165) is 0 Å². The van der Waals surface area contributed by atoms with Gasteiger partial charge in [-0.1, -0.05) is 0 Å². The minimum Gasteiger partial charge on any atom is -0.105 e. The average molecular weight is 502 g/mol. The van der Waals surface area contributed by atoms with Gasteiger partial charge in [0.05, 0.1) is 0 Å². The van der Waals surface area contributed by atoms with Crippen molar-refractivity contribution in [2.75, 3.05) is 0 Å². The van der Waals surface area contributed by atoms with E-state index in [1.165, 1.54) is 21.6 Å². The first kappa shape index (κ1) is 10.9. The average Bonchev–Trinajstić information content (AvgIpc) is 1.97. The second-order valence-corrected chi connectivity index (χ2v) is 6.14. The van der Waals surface area contributed by atoms with Gasteiger partial charge in [0, 0.05) is 10.7 Å². The Kier molecular flexibility index (Phi) is 4.34. The molecule has 1 aromatic carbocycles. The lowest BCUT2D eigenvalue weighted by molar-refractivity contribution is 1.42. The molecule has 0 saturated heterocycles. The van der Waals surface area contributed by atoms with Crippen molar-refractivity contribution in [3.8, 4) is 0 Å².